The SMILES string of the molecule is Cc1[nH]c(SCC(=O)N(C)c2c(N)n(Cc3ccccc3)c(=O)[nH]c2=O)nc1Cc1ccccc1. The molecule has 0 aliphatic rings. The highest BCUT2D eigenvalue weighted by atomic mass is 32.2. The number of hydrogen-bond donors (Lipinski definition) is 3. The number of nitrogens with one attached hydrogen (secondary N) is 2. The Bertz CT molecular complexity index is 1440. The minimum Gasteiger partial charge on any atom is -0.383 e. The third kappa shape index (κ3) is 5.55. The first-order valence-electron chi connectivity index (χ1n) is 11.0. The van der Waals surface area contributed by atoms with Gasteiger partial charge >= 0.3 is 5.69 Å². The topological polar surface area (TPSA) is 130 Å². The first-order chi connectivity index (χ1) is 16.8. The Labute approximate surface area is 206 Å². The largest absolute Gasteiger partial charge is 0.383 e. The van der Waals surface area contributed by atoms with Gasteiger partial charge in [-0.15, -0.1) is 0 Å². The van der Waals surface area contributed by atoms with Crippen LogP contribution >= 0.6 is 11.8 Å². The summed E-state index contributed by atoms with van der Waals surface area (Å²) < 4.78 is 1.24. The Morgan fingerprint density at radius 1 is 1.03 bits per heavy atom. The lowest BCUT2D eigenvalue weighted by Gasteiger charge is -2.20. The molecule has 0 aliphatic carbocycles. The number of H-pyrrole nitrogens is 2. The smallest absolute Gasteiger partial charge is 0.330 e. The monoisotopic (exact) mass is 490 g/mol. The highest BCUT2D eigenvalue weighted by Gasteiger charge is 2.22. The van der Waals surface area contributed by atoms with Gasteiger partial charge in [-0.25, -0.2) is 9.78 Å². The van der Waals surface area contributed by atoms with E-state index in [9.17, 15) is 14.4 Å². The van der Waals surface area contributed by atoms with Crippen LogP contribution in [0.15, 0.2) is 75.4 Å². The van der Waals surface area contributed by atoms with Crippen molar-refractivity contribution >= 4 is 29.2 Å². The first-order valence-corrected chi connectivity index (χ1v) is 12.0. The van der Waals surface area contributed by atoms with Crippen LogP contribution in [0.5, 0.6) is 0 Å². The van der Waals surface area contributed by atoms with Gasteiger partial charge in [0.15, 0.2) is 10.8 Å². The lowest BCUT2D eigenvalue weighted by molar-refractivity contribution is -0.115. The van der Waals surface area contributed by atoms with Gasteiger partial charge < -0.3 is 15.6 Å². The van der Waals surface area contributed by atoms with Gasteiger partial charge in [0.25, 0.3) is 5.56 Å². The molecular weight excluding hydrogens is 464 g/mol. The Morgan fingerprint density at radius 3 is 2.31 bits per heavy atom. The molecule has 4 N–H and O–H groups in total. The molecule has 1 amide bonds. The van der Waals surface area contributed by atoms with Crippen LogP contribution < -0.4 is 21.9 Å². The predicted octanol–water partition coefficient (Wildman–Crippen LogP) is 2.54. The van der Waals surface area contributed by atoms with Crippen molar-refractivity contribution < 1.29 is 4.79 Å². The molecule has 35 heavy (non-hydrogen) atoms. The number of aromatic amines is 2. The van der Waals surface area contributed by atoms with E-state index in [1.165, 1.54) is 28.3 Å². The lowest BCUT2D eigenvalue weighted by atomic mass is 10.1. The molecule has 0 saturated carbocycles. The fraction of sp³-hybridized carbons (Fsp3) is 0.200. The van der Waals surface area contributed by atoms with Crippen molar-refractivity contribution in [3.05, 3.63) is 104 Å². The van der Waals surface area contributed by atoms with E-state index in [-0.39, 0.29) is 29.7 Å². The number of amides is 1. The fourth-order valence-electron chi connectivity index (χ4n) is 3.67. The quantitative estimate of drug-likeness (QED) is 0.326. The normalized spacial score (nSPS) is 10.9. The van der Waals surface area contributed by atoms with E-state index in [4.69, 9.17) is 5.73 Å². The molecule has 0 unspecified atom stereocenters. The third-order valence-corrected chi connectivity index (χ3v) is 6.48. The highest BCUT2D eigenvalue weighted by Crippen LogP contribution is 2.22. The summed E-state index contributed by atoms with van der Waals surface area (Å²) in [6.45, 7) is 2.11. The third-order valence-electron chi connectivity index (χ3n) is 5.62. The van der Waals surface area contributed by atoms with Gasteiger partial charge in [-0.3, -0.25) is 19.1 Å². The zero-order valence-electron chi connectivity index (χ0n) is 19.4. The predicted molar refractivity (Wildman–Crippen MR) is 138 cm³/mol. The van der Waals surface area contributed by atoms with Gasteiger partial charge in [0.05, 0.1) is 18.0 Å². The zero-order chi connectivity index (χ0) is 24.9. The number of carbonyl (C=O) groups excluding carboxylic acids is 1. The van der Waals surface area contributed by atoms with E-state index in [0.717, 1.165) is 22.5 Å². The van der Waals surface area contributed by atoms with Crippen LogP contribution in [-0.4, -0.2) is 38.2 Å². The summed E-state index contributed by atoms with van der Waals surface area (Å²) in [6.07, 6.45) is 0.687. The van der Waals surface area contributed by atoms with Crippen LogP contribution in [0.25, 0.3) is 0 Å². The van der Waals surface area contributed by atoms with Gasteiger partial charge in [-0.05, 0) is 18.1 Å². The summed E-state index contributed by atoms with van der Waals surface area (Å²) >= 11 is 1.24. The number of rotatable bonds is 8. The first kappa shape index (κ1) is 24.1. The molecule has 4 rings (SSSR count). The molecule has 0 atom stereocenters. The van der Waals surface area contributed by atoms with E-state index in [1.807, 2.05) is 67.6 Å². The molecule has 0 aliphatic heterocycles. The van der Waals surface area contributed by atoms with Gasteiger partial charge in [0.1, 0.15) is 5.82 Å². The molecule has 0 fully saturated rings. The minimum absolute atomic E-state index is 0.0327. The van der Waals surface area contributed by atoms with Crippen LogP contribution in [0.3, 0.4) is 0 Å². The van der Waals surface area contributed by atoms with E-state index in [1.54, 1.807) is 0 Å². The van der Waals surface area contributed by atoms with Crippen LogP contribution in [0.4, 0.5) is 11.5 Å². The van der Waals surface area contributed by atoms with E-state index in [2.05, 4.69) is 15.0 Å². The second-order valence-electron chi connectivity index (χ2n) is 8.08. The Balaban J connectivity index is 1.48. The van der Waals surface area contributed by atoms with E-state index < -0.39 is 11.2 Å². The Kier molecular flexibility index (Phi) is 7.21. The van der Waals surface area contributed by atoms with Gasteiger partial charge in [0, 0.05) is 19.2 Å². The second kappa shape index (κ2) is 10.5. The highest BCUT2D eigenvalue weighted by molar-refractivity contribution is 7.99. The maximum atomic E-state index is 12.9. The van der Waals surface area contributed by atoms with Crippen molar-refractivity contribution in [3.8, 4) is 0 Å². The van der Waals surface area contributed by atoms with Crippen LogP contribution in [-0.2, 0) is 17.8 Å². The van der Waals surface area contributed by atoms with Gasteiger partial charge in [0.2, 0.25) is 5.91 Å². The summed E-state index contributed by atoms with van der Waals surface area (Å²) in [5.74, 6) is -0.386. The molecule has 2 heterocycles. The molecule has 0 bridgehead atoms. The lowest BCUT2D eigenvalue weighted by Crippen LogP contribution is -2.40. The number of nitrogens with zero attached hydrogens (tertiary/aromatic N) is 3. The molecule has 180 valence electrons. The molecule has 0 radical (unpaired) electrons. The van der Waals surface area contributed by atoms with Crippen molar-refractivity contribution in [3.63, 3.8) is 0 Å². The van der Waals surface area contributed by atoms with Gasteiger partial charge in [-0.2, -0.15) is 0 Å². The van der Waals surface area contributed by atoms with E-state index >= 15 is 0 Å². The maximum absolute atomic E-state index is 12.9. The maximum Gasteiger partial charge on any atom is 0.330 e. The zero-order valence-corrected chi connectivity index (χ0v) is 20.3. The van der Waals surface area contributed by atoms with Crippen molar-refractivity contribution in [1.82, 2.24) is 19.5 Å². The summed E-state index contributed by atoms with van der Waals surface area (Å²) in [7, 11) is 1.47. The van der Waals surface area contributed by atoms with Crippen LogP contribution in [0, 0.1) is 6.92 Å². The number of imidazole rings is 1. The summed E-state index contributed by atoms with van der Waals surface area (Å²) in [5, 5.41) is 0.617. The molecule has 9 nitrogen and oxygen atoms in total. The molecule has 0 spiro atoms. The number of anilines is 2. The molecule has 10 heteroatoms. The van der Waals surface area contributed by atoms with Crippen molar-refractivity contribution in [2.75, 3.05) is 23.4 Å². The van der Waals surface area contributed by atoms with Crippen molar-refractivity contribution in [2.45, 2.75) is 25.0 Å². The average molecular weight is 491 g/mol. The van der Waals surface area contributed by atoms with Crippen molar-refractivity contribution in [1.29, 1.82) is 0 Å². The van der Waals surface area contributed by atoms with Gasteiger partial charge in [-0.1, -0.05) is 72.4 Å². The number of carbonyl (C=O) groups is 1. The van der Waals surface area contributed by atoms with E-state index in [0.29, 0.717) is 11.6 Å². The molecule has 4 aromatic rings. The Hall–Kier alpha value is -4.05. The average Bonchev–Trinajstić information content (AvgIpc) is 3.20. The number of nitrogens with two attached hydrogens (primary N) is 1. The fourth-order valence-corrected chi connectivity index (χ4v) is 4.53. The number of aryl methyl sites for hydroxylation is 1. The number of aromatic nitrogens is 4. The number of nitrogen functional groups attached to an aromatic ring is 1. The summed E-state index contributed by atoms with van der Waals surface area (Å²) in [6, 6.07) is 19.3. The standard InChI is InChI=1S/C25H26N6O3S/c1-16-19(13-17-9-5-3-6-10-17)28-24(27-16)35-15-20(32)30(2)21-22(26)31(25(34)29-23(21)33)14-18-11-7-4-8-12-18/h3-12H,13-15,26H2,1-2H3,(H,27,28)(H,29,33,34). The van der Waals surface area contributed by atoms with Crippen LogP contribution in [0.1, 0.15) is 22.5 Å². The van der Waals surface area contributed by atoms with Crippen LogP contribution in [0.2, 0.25) is 0 Å². The number of hydrogen-bond acceptors (Lipinski definition) is 6. The summed E-state index contributed by atoms with van der Waals surface area (Å²) in [4.78, 5) is 49.1. The second-order valence-corrected chi connectivity index (χ2v) is 9.05. The number of benzene rings is 2. The molecule has 0 saturated heterocycles. The molecule has 2 aromatic heterocycles. The molecule has 2 aromatic carbocycles. The Morgan fingerprint density at radius 2 is 1.66 bits per heavy atom. The summed E-state index contributed by atoms with van der Waals surface area (Å²) in [5.41, 5.74) is 8.62. The van der Waals surface area contributed by atoms with Crippen molar-refractivity contribution in [2.24, 2.45) is 0 Å². The molecular formula is C25H26N6O3S. The minimum atomic E-state index is -0.711. The number of thioether (sulfide) groups is 1.